The van der Waals surface area contributed by atoms with Crippen LogP contribution in [-0.4, -0.2) is 32.2 Å². The first-order valence-corrected chi connectivity index (χ1v) is 11.5. The number of benzene rings is 1. The van der Waals surface area contributed by atoms with E-state index in [4.69, 9.17) is 18.9 Å². The lowest BCUT2D eigenvalue weighted by Crippen LogP contribution is -2.31. The lowest BCUT2D eigenvalue weighted by atomic mass is 9.98. The van der Waals surface area contributed by atoms with Crippen LogP contribution in [0, 0.1) is 11.8 Å². The van der Waals surface area contributed by atoms with Crippen molar-refractivity contribution in [1.29, 1.82) is 0 Å². The van der Waals surface area contributed by atoms with Crippen LogP contribution in [0.4, 0.5) is 0 Å². The monoisotopic (exact) mass is 428 g/mol. The van der Waals surface area contributed by atoms with Gasteiger partial charge in [-0.3, -0.25) is 0 Å². The zero-order valence-corrected chi connectivity index (χ0v) is 20.0. The van der Waals surface area contributed by atoms with Gasteiger partial charge in [-0.1, -0.05) is 62.8 Å². The second-order valence-electron chi connectivity index (χ2n) is 8.52. The van der Waals surface area contributed by atoms with Crippen molar-refractivity contribution >= 4 is 0 Å². The summed E-state index contributed by atoms with van der Waals surface area (Å²) in [6.45, 7) is 12.0. The molecule has 0 spiro atoms. The minimum atomic E-state index is -0.262. The van der Waals surface area contributed by atoms with Crippen LogP contribution in [0.15, 0.2) is 60.2 Å². The van der Waals surface area contributed by atoms with Crippen LogP contribution in [-0.2, 0) is 20.8 Å². The van der Waals surface area contributed by atoms with Gasteiger partial charge in [-0.2, -0.15) is 0 Å². The number of rotatable bonds is 12. The molecule has 4 heteroatoms. The number of hydrogen-bond acceptors (Lipinski definition) is 4. The summed E-state index contributed by atoms with van der Waals surface area (Å²) in [5.41, 5.74) is 2.49. The Morgan fingerprint density at radius 2 is 1.87 bits per heavy atom. The first kappa shape index (κ1) is 25.4. The minimum Gasteiger partial charge on any atom is -0.497 e. The Bertz CT molecular complexity index is 717. The van der Waals surface area contributed by atoms with Crippen molar-refractivity contribution in [3.05, 3.63) is 65.8 Å². The van der Waals surface area contributed by atoms with E-state index in [0.717, 1.165) is 30.8 Å². The van der Waals surface area contributed by atoms with E-state index < -0.39 is 0 Å². The fourth-order valence-electron chi connectivity index (χ4n) is 3.41. The maximum Gasteiger partial charge on any atom is 0.177 e. The van der Waals surface area contributed by atoms with Gasteiger partial charge in [0.15, 0.2) is 6.29 Å². The van der Waals surface area contributed by atoms with E-state index in [0.29, 0.717) is 18.4 Å². The Hall–Kier alpha value is -1.88. The Balaban J connectivity index is 1.79. The number of ether oxygens (including phenoxy) is 4. The average molecular weight is 429 g/mol. The SMILES string of the molecule is CCC(=C/[C@H](C)CCOCc1ccc(OC)cc1)/C=C/[C@@H]1OC(OC(C)C)C=C[C@@H]1C. The van der Waals surface area contributed by atoms with E-state index in [1.807, 2.05) is 44.2 Å². The highest BCUT2D eigenvalue weighted by atomic mass is 16.7. The Kier molecular flexibility index (Phi) is 11.1. The summed E-state index contributed by atoms with van der Waals surface area (Å²) in [5, 5.41) is 0. The first-order chi connectivity index (χ1) is 14.9. The predicted molar refractivity (Wildman–Crippen MR) is 127 cm³/mol. The summed E-state index contributed by atoms with van der Waals surface area (Å²) in [6, 6.07) is 8.02. The highest BCUT2D eigenvalue weighted by Gasteiger charge is 2.23. The molecule has 0 N–H and O–H groups in total. The van der Waals surface area contributed by atoms with Gasteiger partial charge in [0.2, 0.25) is 0 Å². The van der Waals surface area contributed by atoms with Crippen molar-refractivity contribution in [2.24, 2.45) is 11.8 Å². The molecule has 1 unspecified atom stereocenters. The molecule has 0 aromatic heterocycles. The van der Waals surface area contributed by atoms with E-state index in [-0.39, 0.29) is 18.5 Å². The van der Waals surface area contributed by atoms with Crippen LogP contribution in [0.25, 0.3) is 0 Å². The van der Waals surface area contributed by atoms with Crippen molar-refractivity contribution in [2.45, 2.75) is 72.6 Å². The van der Waals surface area contributed by atoms with E-state index >= 15 is 0 Å². The van der Waals surface area contributed by atoms with Gasteiger partial charge in [-0.15, -0.1) is 0 Å². The van der Waals surface area contributed by atoms with Crippen LogP contribution >= 0.6 is 0 Å². The van der Waals surface area contributed by atoms with E-state index in [1.165, 1.54) is 5.57 Å². The summed E-state index contributed by atoms with van der Waals surface area (Å²) in [4.78, 5) is 0. The zero-order chi connectivity index (χ0) is 22.6. The molecule has 0 fully saturated rings. The molecular formula is C27H40O4. The fourth-order valence-corrected chi connectivity index (χ4v) is 3.41. The summed E-state index contributed by atoms with van der Waals surface area (Å²) in [7, 11) is 1.68. The van der Waals surface area contributed by atoms with E-state index in [2.05, 4.69) is 45.1 Å². The summed E-state index contributed by atoms with van der Waals surface area (Å²) in [5.74, 6) is 1.66. The van der Waals surface area contributed by atoms with Gasteiger partial charge in [-0.25, -0.2) is 0 Å². The molecule has 4 nitrogen and oxygen atoms in total. The van der Waals surface area contributed by atoms with Gasteiger partial charge in [-0.05, 0) is 56.4 Å². The lowest BCUT2D eigenvalue weighted by molar-refractivity contribution is -0.162. The third kappa shape index (κ3) is 9.42. The largest absolute Gasteiger partial charge is 0.497 e. The van der Waals surface area contributed by atoms with Crippen LogP contribution in [0.3, 0.4) is 0 Å². The van der Waals surface area contributed by atoms with E-state index in [1.54, 1.807) is 7.11 Å². The molecule has 0 radical (unpaired) electrons. The molecule has 31 heavy (non-hydrogen) atoms. The van der Waals surface area contributed by atoms with Gasteiger partial charge in [0.1, 0.15) is 5.75 Å². The smallest absolute Gasteiger partial charge is 0.177 e. The maximum absolute atomic E-state index is 6.09. The molecule has 4 atom stereocenters. The number of allylic oxidation sites excluding steroid dienone is 3. The van der Waals surface area contributed by atoms with Gasteiger partial charge in [0, 0.05) is 12.5 Å². The quantitative estimate of drug-likeness (QED) is 0.217. The predicted octanol–water partition coefficient (Wildman–Crippen LogP) is 6.47. The minimum absolute atomic E-state index is 0.0341. The molecule has 1 heterocycles. The maximum atomic E-state index is 6.09. The van der Waals surface area contributed by atoms with E-state index in [9.17, 15) is 0 Å². The molecule has 2 rings (SSSR count). The zero-order valence-electron chi connectivity index (χ0n) is 20.0. The van der Waals surface area contributed by atoms with Crippen molar-refractivity contribution < 1.29 is 18.9 Å². The van der Waals surface area contributed by atoms with Crippen LogP contribution in [0.2, 0.25) is 0 Å². The van der Waals surface area contributed by atoms with Crippen molar-refractivity contribution in [2.75, 3.05) is 13.7 Å². The standard InChI is InChI=1S/C27H40O4/c1-7-23(11-14-26-22(5)8-15-27(31-26)30-20(2)3)18-21(4)16-17-29-19-24-9-12-25(28-6)13-10-24/h8-15,18,20-22,26-27H,7,16-17,19H2,1-6H3/b14-11+,23-18-/t21-,22+,26+,27?/m1/s1. The molecular weight excluding hydrogens is 388 g/mol. The lowest BCUT2D eigenvalue weighted by Gasteiger charge is -2.29. The van der Waals surface area contributed by atoms with Gasteiger partial charge < -0.3 is 18.9 Å². The number of hydrogen-bond donors (Lipinski definition) is 0. The molecule has 0 saturated carbocycles. The summed E-state index contributed by atoms with van der Waals surface area (Å²) in [6.07, 6.45) is 12.8. The highest BCUT2D eigenvalue weighted by Crippen LogP contribution is 2.22. The average Bonchev–Trinajstić information content (AvgIpc) is 2.76. The van der Waals surface area contributed by atoms with Crippen molar-refractivity contribution in [1.82, 2.24) is 0 Å². The second-order valence-corrected chi connectivity index (χ2v) is 8.52. The Morgan fingerprint density at radius 1 is 1.13 bits per heavy atom. The third-order valence-electron chi connectivity index (χ3n) is 5.34. The molecule has 0 aliphatic carbocycles. The molecule has 0 amide bonds. The molecule has 1 aliphatic heterocycles. The molecule has 1 aliphatic rings. The van der Waals surface area contributed by atoms with Crippen LogP contribution < -0.4 is 4.74 Å². The molecule has 172 valence electrons. The Labute approximate surface area is 188 Å². The van der Waals surface area contributed by atoms with Crippen molar-refractivity contribution in [3.63, 3.8) is 0 Å². The summed E-state index contributed by atoms with van der Waals surface area (Å²) >= 11 is 0. The Morgan fingerprint density at radius 3 is 2.52 bits per heavy atom. The molecule has 1 aromatic carbocycles. The van der Waals surface area contributed by atoms with Crippen LogP contribution in [0.5, 0.6) is 5.75 Å². The van der Waals surface area contributed by atoms with Gasteiger partial charge >= 0.3 is 0 Å². The number of methoxy groups -OCH3 is 1. The fraction of sp³-hybridized carbons (Fsp3) is 0.556. The van der Waals surface area contributed by atoms with Gasteiger partial charge in [0.25, 0.3) is 0 Å². The molecule has 0 saturated heterocycles. The van der Waals surface area contributed by atoms with Crippen molar-refractivity contribution in [3.8, 4) is 5.75 Å². The summed E-state index contributed by atoms with van der Waals surface area (Å²) < 4.78 is 22.9. The van der Waals surface area contributed by atoms with Crippen LogP contribution in [0.1, 0.15) is 53.0 Å². The topological polar surface area (TPSA) is 36.9 Å². The third-order valence-corrected chi connectivity index (χ3v) is 5.34. The normalized spacial score (nSPS) is 22.9. The molecule has 1 aromatic rings. The highest BCUT2D eigenvalue weighted by molar-refractivity contribution is 5.26. The van der Waals surface area contributed by atoms with Gasteiger partial charge in [0.05, 0.1) is 25.9 Å². The second kappa shape index (κ2) is 13.5. The molecule has 0 bridgehead atoms. The first-order valence-electron chi connectivity index (χ1n) is 11.5.